The van der Waals surface area contributed by atoms with Crippen molar-refractivity contribution in [2.75, 3.05) is 17.3 Å². The van der Waals surface area contributed by atoms with Crippen LogP contribution in [0.2, 0.25) is 0 Å². The first-order valence-electron chi connectivity index (χ1n) is 10.2. The predicted octanol–water partition coefficient (Wildman–Crippen LogP) is 2.51. The summed E-state index contributed by atoms with van der Waals surface area (Å²) in [4.78, 5) is 48.4. The molecule has 32 heavy (non-hydrogen) atoms. The van der Waals surface area contributed by atoms with E-state index in [1.54, 1.807) is 18.2 Å². The molecule has 1 saturated heterocycles. The molecule has 0 aliphatic carbocycles. The van der Waals surface area contributed by atoms with E-state index in [-0.39, 0.29) is 11.8 Å². The van der Waals surface area contributed by atoms with Gasteiger partial charge < -0.3 is 21.1 Å². The van der Waals surface area contributed by atoms with Crippen molar-refractivity contribution in [1.82, 2.24) is 10.6 Å². The number of hydrogen-bond donors (Lipinski definition) is 4. The Bertz CT molecular complexity index is 1010. The topological polar surface area (TPSA) is 125 Å². The highest BCUT2D eigenvalue weighted by Crippen LogP contribution is 2.28. The molecule has 4 N–H and O–H groups in total. The van der Waals surface area contributed by atoms with Crippen LogP contribution in [0, 0.1) is 0 Å². The van der Waals surface area contributed by atoms with Crippen molar-refractivity contribution < 1.29 is 24.3 Å². The normalized spacial score (nSPS) is 16.2. The second-order valence-corrected chi connectivity index (χ2v) is 8.41. The fourth-order valence-corrected chi connectivity index (χ4v) is 3.92. The van der Waals surface area contributed by atoms with Crippen LogP contribution in [0.15, 0.2) is 48.5 Å². The lowest BCUT2D eigenvalue weighted by Gasteiger charge is -2.17. The number of aliphatic carboxylic acids is 1. The number of rotatable bonds is 9. The van der Waals surface area contributed by atoms with Gasteiger partial charge in [0, 0.05) is 17.7 Å². The summed E-state index contributed by atoms with van der Waals surface area (Å²) in [6.45, 7) is 0. The minimum absolute atomic E-state index is 0.156. The third-order valence-corrected chi connectivity index (χ3v) is 5.79. The van der Waals surface area contributed by atoms with Gasteiger partial charge in [-0.05, 0) is 54.2 Å². The minimum Gasteiger partial charge on any atom is -0.480 e. The molecule has 1 aliphatic heterocycles. The van der Waals surface area contributed by atoms with E-state index in [0.717, 1.165) is 5.56 Å². The first-order valence-corrected chi connectivity index (χ1v) is 11.6. The molecule has 2 atom stereocenters. The van der Waals surface area contributed by atoms with Gasteiger partial charge in [0.15, 0.2) is 0 Å². The van der Waals surface area contributed by atoms with Crippen molar-refractivity contribution in [2.24, 2.45) is 0 Å². The number of benzene rings is 2. The van der Waals surface area contributed by atoms with Gasteiger partial charge in [0.2, 0.25) is 11.8 Å². The van der Waals surface area contributed by atoms with Crippen LogP contribution in [-0.4, -0.2) is 52.9 Å². The van der Waals surface area contributed by atoms with Crippen molar-refractivity contribution in [3.05, 3.63) is 54.1 Å². The summed E-state index contributed by atoms with van der Waals surface area (Å²) in [7, 11) is 0. The van der Waals surface area contributed by atoms with Gasteiger partial charge in [-0.2, -0.15) is 11.8 Å². The van der Waals surface area contributed by atoms with Crippen molar-refractivity contribution in [3.63, 3.8) is 0 Å². The molecule has 1 fully saturated rings. The van der Waals surface area contributed by atoms with Crippen LogP contribution in [0.25, 0.3) is 11.1 Å². The maximum Gasteiger partial charge on any atom is 0.326 e. The summed E-state index contributed by atoms with van der Waals surface area (Å²) in [5.41, 5.74) is 2.09. The van der Waals surface area contributed by atoms with Gasteiger partial charge in [-0.25, -0.2) is 4.79 Å². The molecule has 168 valence electrons. The van der Waals surface area contributed by atoms with E-state index in [2.05, 4.69) is 16.0 Å². The molecular weight excluding hydrogens is 430 g/mol. The zero-order chi connectivity index (χ0) is 23.1. The quantitative estimate of drug-likeness (QED) is 0.461. The van der Waals surface area contributed by atoms with Crippen LogP contribution in [0.3, 0.4) is 0 Å². The molecule has 3 amide bonds. The zero-order valence-corrected chi connectivity index (χ0v) is 18.4. The van der Waals surface area contributed by atoms with Crippen LogP contribution in [0.5, 0.6) is 0 Å². The van der Waals surface area contributed by atoms with Crippen LogP contribution < -0.4 is 16.0 Å². The molecule has 0 aromatic heterocycles. The molecule has 3 rings (SSSR count). The van der Waals surface area contributed by atoms with Crippen LogP contribution in [0.4, 0.5) is 5.69 Å². The Labute approximate surface area is 190 Å². The smallest absolute Gasteiger partial charge is 0.326 e. The maximum absolute atomic E-state index is 13.0. The summed E-state index contributed by atoms with van der Waals surface area (Å²) < 4.78 is 0. The second kappa shape index (κ2) is 10.8. The number of carbonyl (C=O) groups excluding carboxylic acids is 3. The summed E-state index contributed by atoms with van der Waals surface area (Å²) >= 11 is 1.51. The molecule has 1 heterocycles. The average molecular weight is 456 g/mol. The summed E-state index contributed by atoms with van der Waals surface area (Å²) in [5, 5.41) is 17.5. The summed E-state index contributed by atoms with van der Waals surface area (Å²) in [6, 6.07) is 12.4. The fourth-order valence-electron chi connectivity index (χ4n) is 3.45. The average Bonchev–Trinajstić information content (AvgIpc) is 3.23. The van der Waals surface area contributed by atoms with Gasteiger partial charge in [0.05, 0.1) is 0 Å². The summed E-state index contributed by atoms with van der Waals surface area (Å²) in [6.07, 6.45) is 2.93. The number of hydrogen-bond acceptors (Lipinski definition) is 5. The van der Waals surface area contributed by atoms with E-state index in [9.17, 15) is 24.3 Å². The molecule has 9 heteroatoms. The Morgan fingerprint density at radius 2 is 1.94 bits per heavy atom. The molecule has 2 aromatic rings. The molecular formula is C23H25N3O5S. The Hall–Kier alpha value is -3.33. The Morgan fingerprint density at radius 3 is 2.56 bits per heavy atom. The van der Waals surface area contributed by atoms with E-state index in [4.69, 9.17) is 0 Å². The number of anilines is 1. The van der Waals surface area contributed by atoms with Crippen molar-refractivity contribution in [1.29, 1.82) is 0 Å². The van der Waals surface area contributed by atoms with Crippen molar-refractivity contribution in [2.45, 2.75) is 31.3 Å². The van der Waals surface area contributed by atoms with Gasteiger partial charge >= 0.3 is 5.97 Å². The number of carbonyl (C=O) groups is 4. The van der Waals surface area contributed by atoms with Gasteiger partial charge in [0.25, 0.3) is 5.91 Å². The monoisotopic (exact) mass is 455 g/mol. The van der Waals surface area contributed by atoms with Crippen LogP contribution in [-0.2, 0) is 14.4 Å². The minimum atomic E-state index is -1.09. The van der Waals surface area contributed by atoms with E-state index in [1.807, 2.05) is 36.6 Å². The number of carboxylic acid groups (broad SMARTS) is 1. The van der Waals surface area contributed by atoms with E-state index < -0.39 is 24.0 Å². The van der Waals surface area contributed by atoms with E-state index in [0.29, 0.717) is 41.8 Å². The number of thioether (sulfide) groups is 1. The second-order valence-electron chi connectivity index (χ2n) is 7.42. The van der Waals surface area contributed by atoms with Gasteiger partial charge in [-0.1, -0.05) is 30.3 Å². The molecule has 0 saturated carbocycles. The van der Waals surface area contributed by atoms with Gasteiger partial charge in [0.1, 0.15) is 12.1 Å². The van der Waals surface area contributed by atoms with Gasteiger partial charge in [-0.15, -0.1) is 0 Å². The Kier molecular flexibility index (Phi) is 7.88. The van der Waals surface area contributed by atoms with Crippen molar-refractivity contribution in [3.8, 4) is 11.1 Å². The third kappa shape index (κ3) is 5.88. The lowest BCUT2D eigenvalue weighted by atomic mass is 9.98. The first-order chi connectivity index (χ1) is 15.4. The van der Waals surface area contributed by atoms with Crippen LogP contribution in [0.1, 0.15) is 29.6 Å². The van der Waals surface area contributed by atoms with E-state index >= 15 is 0 Å². The molecule has 1 aliphatic rings. The fraction of sp³-hybridized carbons (Fsp3) is 0.304. The molecule has 0 radical (unpaired) electrons. The summed E-state index contributed by atoms with van der Waals surface area (Å²) in [5.74, 6) is -1.47. The maximum atomic E-state index is 13.0. The highest BCUT2D eigenvalue weighted by Gasteiger charge is 2.27. The predicted molar refractivity (Wildman–Crippen MR) is 124 cm³/mol. The lowest BCUT2D eigenvalue weighted by molar-refractivity contribution is -0.139. The Morgan fingerprint density at radius 1 is 1.19 bits per heavy atom. The molecule has 2 aromatic carbocycles. The van der Waals surface area contributed by atoms with Crippen molar-refractivity contribution >= 4 is 41.1 Å². The Balaban J connectivity index is 1.87. The number of nitrogens with one attached hydrogen (secondary N) is 3. The first kappa shape index (κ1) is 23.3. The standard InChI is InChI=1S/C23H25N3O5S/c1-32-12-11-19(23(30)31)26-21(28)16-8-7-15(13-17(16)14-5-3-2-4-6-14)24-22(29)18-9-10-20(27)25-18/h2-8,13,18-19H,9-12H2,1H3,(H,24,29)(H,25,27)(H,26,28)(H,30,31)/t18-,19?/m0/s1. The molecule has 0 bridgehead atoms. The molecule has 1 unspecified atom stereocenters. The highest BCUT2D eigenvalue weighted by molar-refractivity contribution is 7.98. The molecule has 8 nitrogen and oxygen atoms in total. The van der Waals surface area contributed by atoms with E-state index in [1.165, 1.54) is 11.8 Å². The van der Waals surface area contributed by atoms with Gasteiger partial charge in [-0.3, -0.25) is 14.4 Å². The molecule has 0 spiro atoms. The van der Waals surface area contributed by atoms with Crippen LogP contribution >= 0.6 is 11.8 Å². The third-order valence-electron chi connectivity index (χ3n) is 5.14. The zero-order valence-electron chi connectivity index (χ0n) is 17.6. The lowest BCUT2D eigenvalue weighted by Crippen LogP contribution is -2.41. The number of amides is 3. The largest absolute Gasteiger partial charge is 0.480 e. The number of carboxylic acids is 1. The highest BCUT2D eigenvalue weighted by atomic mass is 32.2. The SMILES string of the molecule is CSCCC(NC(=O)c1ccc(NC(=O)[C@@H]2CCC(=O)N2)cc1-c1ccccc1)C(=O)O.